The topological polar surface area (TPSA) is 47.9 Å². The molecule has 1 aliphatic rings. The van der Waals surface area contributed by atoms with E-state index < -0.39 is 6.10 Å². The second-order valence-corrected chi connectivity index (χ2v) is 4.80. The number of hydrogen-bond acceptors (Lipinski definition) is 4. The summed E-state index contributed by atoms with van der Waals surface area (Å²) in [7, 11) is 0. The van der Waals surface area contributed by atoms with Crippen molar-refractivity contribution in [3.8, 4) is 0 Å². The van der Waals surface area contributed by atoms with Gasteiger partial charge in [-0.2, -0.15) is 0 Å². The second kappa shape index (κ2) is 6.22. The van der Waals surface area contributed by atoms with Crippen molar-refractivity contribution in [1.29, 1.82) is 0 Å². The minimum atomic E-state index is -0.649. The molecule has 21 heavy (non-hydrogen) atoms. The van der Waals surface area contributed by atoms with Crippen molar-refractivity contribution >= 4 is 11.7 Å². The predicted molar refractivity (Wildman–Crippen MR) is 78.7 cm³/mol. The molecule has 0 aromatic heterocycles. The molecule has 2 aromatic carbocycles. The van der Waals surface area contributed by atoms with Gasteiger partial charge in [-0.05, 0) is 11.1 Å². The molecule has 0 radical (unpaired) electrons. The smallest absolute Gasteiger partial charge is 0.350 e. The molecule has 0 N–H and O–H groups in total. The highest BCUT2D eigenvalue weighted by atomic mass is 16.7. The molecule has 106 valence electrons. The molecule has 0 saturated carbocycles. The van der Waals surface area contributed by atoms with E-state index >= 15 is 0 Å². The monoisotopic (exact) mass is 281 g/mol. The molecule has 0 bridgehead atoms. The highest BCUT2D eigenvalue weighted by molar-refractivity contribution is 6.03. The van der Waals surface area contributed by atoms with Crippen molar-refractivity contribution in [3.63, 3.8) is 0 Å². The Labute approximate surface area is 123 Å². The van der Waals surface area contributed by atoms with E-state index in [0.29, 0.717) is 6.42 Å². The summed E-state index contributed by atoms with van der Waals surface area (Å²) in [4.78, 5) is 17.2. The largest absolute Gasteiger partial charge is 0.458 e. The van der Waals surface area contributed by atoms with Gasteiger partial charge in [0.25, 0.3) is 0 Å². The third-order valence-corrected chi connectivity index (χ3v) is 3.26. The zero-order valence-corrected chi connectivity index (χ0v) is 11.4. The Balaban J connectivity index is 1.54. The molecular formula is C17H15NO3. The number of benzene rings is 2. The Kier molecular flexibility index (Phi) is 3.96. The number of nitrogens with zero attached hydrogens (tertiary/aromatic N) is 1. The summed E-state index contributed by atoms with van der Waals surface area (Å²) in [5.41, 5.74) is 2.70. The molecule has 3 rings (SSSR count). The molecule has 2 aromatic rings. The second-order valence-electron chi connectivity index (χ2n) is 4.80. The lowest BCUT2D eigenvalue weighted by Gasteiger charge is -2.08. The average molecular weight is 281 g/mol. The minimum absolute atomic E-state index is 0.250. The standard InChI is InChI=1S/C17H15NO3/c19-17(20-12-13-7-3-1-4-8-13)16-11-15(18-21-16)14-9-5-2-6-10-14/h1-10,16H,11-12H2. The Bertz CT molecular complexity index is 638. The quantitative estimate of drug-likeness (QED) is 0.810. The molecule has 0 spiro atoms. The number of esters is 1. The molecule has 0 aliphatic carbocycles. The first kappa shape index (κ1) is 13.4. The van der Waals surface area contributed by atoms with E-state index in [1.54, 1.807) is 0 Å². The number of carbonyl (C=O) groups is 1. The van der Waals surface area contributed by atoms with Crippen molar-refractivity contribution < 1.29 is 14.4 Å². The normalized spacial score (nSPS) is 17.0. The molecule has 0 amide bonds. The lowest BCUT2D eigenvalue weighted by molar-refractivity contribution is -0.156. The molecule has 0 saturated heterocycles. The van der Waals surface area contributed by atoms with E-state index in [0.717, 1.165) is 16.8 Å². The van der Waals surface area contributed by atoms with Crippen LogP contribution in [-0.4, -0.2) is 17.8 Å². The van der Waals surface area contributed by atoms with Gasteiger partial charge in [0.2, 0.25) is 6.10 Å². The fourth-order valence-electron chi connectivity index (χ4n) is 2.13. The maximum Gasteiger partial charge on any atom is 0.350 e. The highest BCUT2D eigenvalue weighted by Crippen LogP contribution is 2.18. The minimum Gasteiger partial charge on any atom is -0.458 e. The van der Waals surface area contributed by atoms with E-state index in [1.807, 2.05) is 60.7 Å². The van der Waals surface area contributed by atoms with Crippen LogP contribution in [0.2, 0.25) is 0 Å². The van der Waals surface area contributed by atoms with Crippen molar-refractivity contribution in [2.45, 2.75) is 19.1 Å². The van der Waals surface area contributed by atoms with Crippen LogP contribution in [0, 0.1) is 0 Å². The van der Waals surface area contributed by atoms with Crippen molar-refractivity contribution in [1.82, 2.24) is 0 Å². The number of rotatable bonds is 4. The molecule has 4 heteroatoms. The summed E-state index contributed by atoms with van der Waals surface area (Å²) in [6, 6.07) is 19.2. The number of oxime groups is 1. The lowest BCUT2D eigenvalue weighted by atomic mass is 10.1. The molecule has 1 heterocycles. The van der Waals surface area contributed by atoms with Crippen LogP contribution in [0.1, 0.15) is 17.5 Å². The van der Waals surface area contributed by atoms with Gasteiger partial charge < -0.3 is 9.57 Å². The summed E-state index contributed by atoms with van der Waals surface area (Å²) >= 11 is 0. The van der Waals surface area contributed by atoms with Gasteiger partial charge in [-0.3, -0.25) is 0 Å². The fourth-order valence-corrected chi connectivity index (χ4v) is 2.13. The van der Waals surface area contributed by atoms with Crippen molar-refractivity contribution in [2.75, 3.05) is 0 Å². The van der Waals surface area contributed by atoms with E-state index in [-0.39, 0.29) is 12.6 Å². The summed E-state index contributed by atoms with van der Waals surface area (Å²) in [5, 5.41) is 3.98. The first-order chi connectivity index (χ1) is 10.3. The zero-order valence-electron chi connectivity index (χ0n) is 11.4. The first-order valence-electron chi connectivity index (χ1n) is 6.81. The van der Waals surface area contributed by atoms with E-state index in [9.17, 15) is 4.79 Å². The van der Waals surface area contributed by atoms with Crippen molar-refractivity contribution in [2.24, 2.45) is 5.16 Å². The maximum atomic E-state index is 12.0. The number of ether oxygens (including phenoxy) is 1. The lowest BCUT2D eigenvalue weighted by Crippen LogP contribution is -2.23. The highest BCUT2D eigenvalue weighted by Gasteiger charge is 2.30. The third-order valence-electron chi connectivity index (χ3n) is 3.26. The Morgan fingerprint density at radius 1 is 1.10 bits per heavy atom. The Hall–Kier alpha value is -2.62. The Morgan fingerprint density at radius 3 is 2.48 bits per heavy atom. The van der Waals surface area contributed by atoms with Crippen LogP contribution in [0.4, 0.5) is 0 Å². The molecule has 1 unspecified atom stereocenters. The van der Waals surface area contributed by atoms with Gasteiger partial charge in [0, 0.05) is 6.42 Å². The number of carbonyl (C=O) groups excluding carboxylic acids is 1. The molecular weight excluding hydrogens is 266 g/mol. The van der Waals surface area contributed by atoms with Crippen LogP contribution in [-0.2, 0) is 21.0 Å². The summed E-state index contributed by atoms with van der Waals surface area (Å²) in [6.07, 6.45) is -0.207. The van der Waals surface area contributed by atoms with Gasteiger partial charge in [0.15, 0.2) is 0 Å². The average Bonchev–Trinajstić information content (AvgIpc) is 3.04. The maximum absolute atomic E-state index is 12.0. The Morgan fingerprint density at radius 2 is 1.76 bits per heavy atom. The number of hydrogen-bond donors (Lipinski definition) is 0. The fraction of sp³-hybridized carbons (Fsp3) is 0.176. The SMILES string of the molecule is O=C(OCc1ccccc1)C1CC(c2ccccc2)=NO1. The zero-order chi connectivity index (χ0) is 14.5. The van der Waals surface area contributed by atoms with Crippen molar-refractivity contribution in [3.05, 3.63) is 71.8 Å². The van der Waals surface area contributed by atoms with Crippen LogP contribution in [0.5, 0.6) is 0 Å². The third kappa shape index (κ3) is 3.28. The molecule has 1 atom stereocenters. The van der Waals surface area contributed by atoms with Gasteiger partial charge in [0.05, 0.1) is 5.71 Å². The van der Waals surface area contributed by atoms with Crippen LogP contribution in [0.3, 0.4) is 0 Å². The van der Waals surface area contributed by atoms with E-state index in [2.05, 4.69) is 5.16 Å². The van der Waals surface area contributed by atoms with Crippen LogP contribution < -0.4 is 0 Å². The molecule has 1 aliphatic heterocycles. The van der Waals surface area contributed by atoms with Crippen LogP contribution in [0.15, 0.2) is 65.8 Å². The first-order valence-corrected chi connectivity index (χ1v) is 6.81. The molecule has 0 fully saturated rings. The van der Waals surface area contributed by atoms with E-state index in [4.69, 9.17) is 9.57 Å². The van der Waals surface area contributed by atoms with Crippen LogP contribution in [0.25, 0.3) is 0 Å². The van der Waals surface area contributed by atoms with E-state index in [1.165, 1.54) is 0 Å². The van der Waals surface area contributed by atoms with Gasteiger partial charge in [-0.25, -0.2) is 4.79 Å². The van der Waals surface area contributed by atoms with Gasteiger partial charge >= 0.3 is 5.97 Å². The van der Waals surface area contributed by atoms with Gasteiger partial charge in [-0.1, -0.05) is 65.8 Å². The summed E-state index contributed by atoms with van der Waals surface area (Å²) in [6.45, 7) is 0.250. The van der Waals surface area contributed by atoms with Gasteiger partial charge in [-0.15, -0.1) is 0 Å². The summed E-state index contributed by atoms with van der Waals surface area (Å²) < 4.78 is 5.26. The predicted octanol–water partition coefficient (Wildman–Crippen LogP) is 2.92. The molecule has 4 nitrogen and oxygen atoms in total. The van der Waals surface area contributed by atoms with Gasteiger partial charge in [0.1, 0.15) is 6.61 Å². The van der Waals surface area contributed by atoms with Crippen LogP contribution >= 0.6 is 0 Å². The summed E-state index contributed by atoms with van der Waals surface area (Å²) in [5.74, 6) is -0.381.